The maximum atomic E-state index is 12.3. The van der Waals surface area contributed by atoms with E-state index < -0.39 is 10.2 Å². The molecule has 2 heterocycles. The fourth-order valence-electron chi connectivity index (χ4n) is 2.39. The summed E-state index contributed by atoms with van der Waals surface area (Å²) in [7, 11) is -3.72. The van der Waals surface area contributed by atoms with Gasteiger partial charge in [0.15, 0.2) is 0 Å². The maximum absolute atomic E-state index is 12.3. The Morgan fingerprint density at radius 2 is 2.24 bits per heavy atom. The van der Waals surface area contributed by atoms with Crippen molar-refractivity contribution in [2.75, 3.05) is 19.6 Å². The number of hydrogen-bond donors (Lipinski definition) is 3. The summed E-state index contributed by atoms with van der Waals surface area (Å²) in [5.74, 6) is -0.246. The van der Waals surface area contributed by atoms with Gasteiger partial charge in [0.1, 0.15) is 5.69 Å². The zero-order chi connectivity index (χ0) is 15.5. The summed E-state index contributed by atoms with van der Waals surface area (Å²) in [6.45, 7) is 1.22. The minimum Gasteiger partial charge on any atom is -0.337 e. The second kappa shape index (κ2) is 6.37. The second-order valence-corrected chi connectivity index (χ2v) is 6.46. The van der Waals surface area contributed by atoms with Gasteiger partial charge in [0.25, 0.3) is 16.1 Å². The Morgan fingerprint density at radius 3 is 2.90 bits per heavy atom. The van der Waals surface area contributed by atoms with Gasteiger partial charge in [-0.3, -0.25) is 9.59 Å². The van der Waals surface area contributed by atoms with E-state index in [0.29, 0.717) is 13.1 Å². The van der Waals surface area contributed by atoms with Gasteiger partial charge in [0.2, 0.25) is 5.56 Å². The van der Waals surface area contributed by atoms with Crippen molar-refractivity contribution in [3.05, 3.63) is 34.2 Å². The quantitative estimate of drug-likeness (QED) is 0.660. The lowest BCUT2D eigenvalue weighted by Gasteiger charge is -2.32. The van der Waals surface area contributed by atoms with E-state index in [1.54, 1.807) is 11.0 Å². The molecule has 2 rings (SSSR count). The normalized spacial score (nSPS) is 19.5. The van der Waals surface area contributed by atoms with Gasteiger partial charge in [-0.15, -0.1) is 0 Å². The van der Waals surface area contributed by atoms with Crippen LogP contribution in [0.5, 0.6) is 0 Å². The van der Waals surface area contributed by atoms with E-state index in [9.17, 15) is 18.0 Å². The molecule has 1 unspecified atom stereocenters. The molecule has 1 aliphatic rings. The number of pyridine rings is 1. The molecule has 116 valence electrons. The highest BCUT2D eigenvalue weighted by atomic mass is 32.2. The van der Waals surface area contributed by atoms with Crippen molar-refractivity contribution in [1.29, 1.82) is 0 Å². The number of carbonyl (C=O) groups is 1. The number of hydrogen-bond acceptors (Lipinski definition) is 4. The van der Waals surface area contributed by atoms with Gasteiger partial charge in [-0.25, -0.2) is 9.86 Å². The molecule has 4 N–H and O–H groups in total. The van der Waals surface area contributed by atoms with E-state index in [4.69, 9.17) is 5.14 Å². The van der Waals surface area contributed by atoms with Gasteiger partial charge in [0, 0.05) is 25.7 Å². The van der Waals surface area contributed by atoms with Crippen molar-refractivity contribution >= 4 is 16.1 Å². The first-order valence-electron chi connectivity index (χ1n) is 6.61. The Balaban J connectivity index is 2.00. The number of likely N-dealkylation sites (tertiary alicyclic amines) is 1. The Labute approximate surface area is 122 Å². The number of nitrogens with zero attached hydrogens (tertiary/aromatic N) is 1. The fourth-order valence-corrected chi connectivity index (χ4v) is 2.86. The van der Waals surface area contributed by atoms with Crippen LogP contribution < -0.4 is 15.4 Å². The zero-order valence-electron chi connectivity index (χ0n) is 11.4. The number of rotatable bonds is 4. The molecule has 0 bridgehead atoms. The van der Waals surface area contributed by atoms with E-state index in [2.05, 4.69) is 9.71 Å². The van der Waals surface area contributed by atoms with Crippen molar-refractivity contribution in [1.82, 2.24) is 14.6 Å². The van der Waals surface area contributed by atoms with Gasteiger partial charge in [-0.1, -0.05) is 6.07 Å². The molecule has 21 heavy (non-hydrogen) atoms. The van der Waals surface area contributed by atoms with E-state index in [1.807, 2.05) is 0 Å². The third-order valence-corrected chi connectivity index (χ3v) is 3.95. The van der Waals surface area contributed by atoms with Crippen molar-refractivity contribution in [2.45, 2.75) is 12.8 Å². The van der Waals surface area contributed by atoms with Gasteiger partial charge in [-0.05, 0) is 24.8 Å². The smallest absolute Gasteiger partial charge is 0.274 e. The van der Waals surface area contributed by atoms with Crippen LogP contribution in [0.25, 0.3) is 0 Å². The average Bonchev–Trinajstić information content (AvgIpc) is 2.44. The summed E-state index contributed by atoms with van der Waals surface area (Å²) >= 11 is 0. The number of nitrogens with one attached hydrogen (secondary N) is 2. The lowest BCUT2D eigenvalue weighted by molar-refractivity contribution is 0.0670. The lowest BCUT2D eigenvalue weighted by atomic mass is 9.98. The minimum absolute atomic E-state index is 0.0106. The Morgan fingerprint density at radius 1 is 1.48 bits per heavy atom. The van der Waals surface area contributed by atoms with Gasteiger partial charge < -0.3 is 9.88 Å². The summed E-state index contributed by atoms with van der Waals surface area (Å²) in [4.78, 5) is 27.6. The molecule has 0 aliphatic carbocycles. The summed E-state index contributed by atoms with van der Waals surface area (Å²) in [6, 6.07) is 4.41. The first-order chi connectivity index (χ1) is 9.85. The van der Waals surface area contributed by atoms with Crippen molar-refractivity contribution in [3.63, 3.8) is 0 Å². The monoisotopic (exact) mass is 314 g/mol. The summed E-state index contributed by atoms with van der Waals surface area (Å²) in [5, 5.41) is 4.90. The summed E-state index contributed by atoms with van der Waals surface area (Å²) in [5.41, 5.74) is -0.0899. The van der Waals surface area contributed by atoms with Crippen LogP contribution in [0, 0.1) is 5.92 Å². The number of aromatic amines is 1. The topological polar surface area (TPSA) is 125 Å². The molecule has 1 amide bonds. The number of piperidine rings is 1. The molecule has 1 fully saturated rings. The molecule has 1 aromatic rings. The highest BCUT2D eigenvalue weighted by molar-refractivity contribution is 7.87. The largest absolute Gasteiger partial charge is 0.337 e. The molecule has 0 radical (unpaired) electrons. The van der Waals surface area contributed by atoms with Crippen molar-refractivity contribution in [2.24, 2.45) is 11.1 Å². The van der Waals surface area contributed by atoms with Crippen LogP contribution in [0.3, 0.4) is 0 Å². The van der Waals surface area contributed by atoms with Crippen molar-refractivity contribution < 1.29 is 13.2 Å². The predicted molar refractivity (Wildman–Crippen MR) is 76.8 cm³/mol. The molecule has 1 aromatic heterocycles. The SMILES string of the molecule is NS(=O)(=O)NCC1CCCN(C(=O)c2cccc(=O)[nH]2)C1. The third-order valence-electron chi connectivity index (χ3n) is 3.38. The first-order valence-corrected chi connectivity index (χ1v) is 8.16. The number of aromatic nitrogens is 1. The van der Waals surface area contributed by atoms with Crippen LogP contribution in [0.15, 0.2) is 23.0 Å². The Bertz CT molecular complexity index is 670. The standard InChI is InChI=1S/C12H18N4O4S/c13-21(19,20)14-7-9-3-2-6-16(8-9)12(18)10-4-1-5-11(17)15-10/h1,4-5,9,14H,2-3,6-8H2,(H,15,17)(H2,13,19,20). The van der Waals surface area contributed by atoms with E-state index >= 15 is 0 Å². The number of amides is 1. The van der Waals surface area contributed by atoms with Gasteiger partial charge in [-0.2, -0.15) is 8.42 Å². The minimum atomic E-state index is -3.72. The van der Waals surface area contributed by atoms with E-state index in [-0.39, 0.29) is 29.6 Å². The molecule has 1 saturated heterocycles. The van der Waals surface area contributed by atoms with E-state index in [1.165, 1.54) is 12.1 Å². The molecule has 8 nitrogen and oxygen atoms in total. The highest BCUT2D eigenvalue weighted by Crippen LogP contribution is 2.17. The van der Waals surface area contributed by atoms with Gasteiger partial charge >= 0.3 is 0 Å². The van der Waals surface area contributed by atoms with Crippen LogP contribution in [-0.4, -0.2) is 43.8 Å². The number of carbonyl (C=O) groups excluding carboxylic acids is 1. The Kier molecular flexibility index (Phi) is 4.76. The Hall–Kier alpha value is -1.71. The van der Waals surface area contributed by atoms with Crippen LogP contribution in [0.2, 0.25) is 0 Å². The van der Waals surface area contributed by atoms with Crippen LogP contribution in [0.4, 0.5) is 0 Å². The average molecular weight is 314 g/mol. The number of H-pyrrole nitrogens is 1. The first kappa shape index (κ1) is 15.7. The molecular weight excluding hydrogens is 296 g/mol. The lowest BCUT2D eigenvalue weighted by Crippen LogP contribution is -2.45. The number of nitrogens with two attached hydrogens (primary N) is 1. The van der Waals surface area contributed by atoms with Crippen LogP contribution in [-0.2, 0) is 10.2 Å². The fraction of sp³-hybridized carbons (Fsp3) is 0.500. The molecule has 0 spiro atoms. The molecule has 0 aromatic carbocycles. The zero-order valence-corrected chi connectivity index (χ0v) is 12.2. The molecule has 9 heteroatoms. The van der Waals surface area contributed by atoms with E-state index in [0.717, 1.165) is 12.8 Å². The second-order valence-electron chi connectivity index (χ2n) is 5.08. The van der Waals surface area contributed by atoms with Crippen molar-refractivity contribution in [3.8, 4) is 0 Å². The predicted octanol–water partition coefficient (Wildman–Crippen LogP) is -0.980. The highest BCUT2D eigenvalue weighted by Gasteiger charge is 2.25. The van der Waals surface area contributed by atoms with Crippen LogP contribution >= 0.6 is 0 Å². The maximum Gasteiger partial charge on any atom is 0.274 e. The third kappa shape index (κ3) is 4.66. The van der Waals surface area contributed by atoms with Crippen LogP contribution in [0.1, 0.15) is 23.3 Å². The molecule has 1 aliphatic heterocycles. The van der Waals surface area contributed by atoms with Gasteiger partial charge in [0.05, 0.1) is 0 Å². The molecular formula is C12H18N4O4S. The summed E-state index contributed by atoms with van der Waals surface area (Å²) < 4.78 is 24.0. The summed E-state index contributed by atoms with van der Waals surface area (Å²) in [6.07, 6.45) is 1.59. The molecule has 1 atom stereocenters. The molecule has 0 saturated carbocycles.